The maximum atomic E-state index is 13.0. The lowest BCUT2D eigenvalue weighted by Crippen LogP contribution is -2.09. The van der Waals surface area contributed by atoms with Gasteiger partial charge in [-0.15, -0.1) is 0 Å². The van der Waals surface area contributed by atoms with Crippen molar-refractivity contribution >= 4 is 10.9 Å². The molecule has 0 fully saturated rings. The number of H-pyrrole nitrogens is 1. The van der Waals surface area contributed by atoms with Crippen LogP contribution >= 0.6 is 0 Å². The molecule has 3 aromatic rings. The Labute approximate surface area is 101 Å². The number of furan rings is 1. The van der Waals surface area contributed by atoms with E-state index < -0.39 is 5.82 Å². The molecule has 90 valence electrons. The molecular weight excluding hydrogens is 235 g/mol. The first-order valence-corrected chi connectivity index (χ1v) is 5.40. The summed E-state index contributed by atoms with van der Waals surface area (Å²) in [5, 5.41) is 0.224. The number of nitrogens with zero attached hydrogens (tertiary/aromatic N) is 1. The zero-order valence-electron chi connectivity index (χ0n) is 9.53. The van der Waals surface area contributed by atoms with Crippen LogP contribution in [0, 0.1) is 12.7 Å². The third kappa shape index (κ3) is 1.69. The Morgan fingerprint density at radius 2 is 2.11 bits per heavy atom. The second-order valence-electron chi connectivity index (χ2n) is 3.99. The van der Waals surface area contributed by atoms with Gasteiger partial charge in [0.15, 0.2) is 11.6 Å². The molecule has 0 aliphatic heterocycles. The summed E-state index contributed by atoms with van der Waals surface area (Å²) < 4.78 is 18.4. The van der Waals surface area contributed by atoms with Gasteiger partial charge in [-0.3, -0.25) is 4.79 Å². The van der Waals surface area contributed by atoms with Gasteiger partial charge in [-0.25, -0.2) is 9.37 Å². The normalized spacial score (nSPS) is 11.0. The highest BCUT2D eigenvalue weighted by Gasteiger charge is 2.09. The fourth-order valence-corrected chi connectivity index (χ4v) is 1.79. The van der Waals surface area contributed by atoms with E-state index in [0.29, 0.717) is 17.1 Å². The molecule has 0 atom stereocenters. The molecule has 0 radical (unpaired) electrons. The number of nitrogens with one attached hydrogen (secondary N) is 1. The number of aromatic amines is 1. The number of halogens is 1. The van der Waals surface area contributed by atoms with Gasteiger partial charge >= 0.3 is 0 Å². The Morgan fingerprint density at radius 1 is 1.28 bits per heavy atom. The number of fused-ring (bicyclic) bond motifs is 1. The molecule has 0 amide bonds. The number of aryl methyl sites for hydroxylation is 1. The van der Waals surface area contributed by atoms with Crippen LogP contribution in [0.4, 0.5) is 4.39 Å². The van der Waals surface area contributed by atoms with Crippen molar-refractivity contribution in [1.82, 2.24) is 9.97 Å². The summed E-state index contributed by atoms with van der Waals surface area (Å²) in [6.45, 7) is 1.80. The maximum absolute atomic E-state index is 13.0. The third-order valence-corrected chi connectivity index (χ3v) is 2.64. The van der Waals surface area contributed by atoms with Crippen molar-refractivity contribution in [1.29, 1.82) is 0 Å². The minimum Gasteiger partial charge on any atom is -0.458 e. The first-order chi connectivity index (χ1) is 8.63. The minimum absolute atomic E-state index is 0.224. The maximum Gasteiger partial charge on any atom is 0.259 e. The first-order valence-electron chi connectivity index (χ1n) is 5.40. The highest BCUT2D eigenvalue weighted by atomic mass is 19.1. The number of hydrogen-bond donors (Lipinski definition) is 1. The molecule has 0 saturated heterocycles. The summed E-state index contributed by atoms with van der Waals surface area (Å²) in [5.41, 5.74) is 0.0488. The summed E-state index contributed by atoms with van der Waals surface area (Å²) in [5.74, 6) is 1.09. The lowest BCUT2D eigenvalue weighted by Gasteiger charge is -2.00. The fraction of sp³-hybridized carbons (Fsp3) is 0.0769. The van der Waals surface area contributed by atoms with Crippen molar-refractivity contribution in [2.45, 2.75) is 6.92 Å². The Balaban J connectivity index is 2.28. The first kappa shape index (κ1) is 10.7. The lowest BCUT2D eigenvalue weighted by molar-refractivity contribution is 0.544. The van der Waals surface area contributed by atoms with Crippen LogP contribution in [-0.2, 0) is 0 Å². The van der Waals surface area contributed by atoms with Crippen molar-refractivity contribution < 1.29 is 8.81 Å². The zero-order valence-corrected chi connectivity index (χ0v) is 9.53. The van der Waals surface area contributed by atoms with E-state index in [9.17, 15) is 9.18 Å². The van der Waals surface area contributed by atoms with Crippen molar-refractivity contribution in [3.8, 4) is 11.6 Å². The topological polar surface area (TPSA) is 58.9 Å². The predicted octanol–water partition coefficient (Wildman–Crippen LogP) is 2.63. The molecule has 3 rings (SSSR count). The van der Waals surface area contributed by atoms with E-state index in [4.69, 9.17) is 4.42 Å². The highest BCUT2D eigenvalue weighted by Crippen LogP contribution is 2.19. The van der Waals surface area contributed by atoms with E-state index in [1.807, 2.05) is 0 Å². The average Bonchev–Trinajstić information content (AvgIpc) is 2.77. The van der Waals surface area contributed by atoms with Crippen LogP contribution in [0.25, 0.3) is 22.5 Å². The zero-order chi connectivity index (χ0) is 12.7. The van der Waals surface area contributed by atoms with Crippen LogP contribution in [0.1, 0.15) is 5.76 Å². The Kier molecular flexibility index (Phi) is 2.26. The Hall–Kier alpha value is -2.43. The van der Waals surface area contributed by atoms with Crippen molar-refractivity contribution in [2.24, 2.45) is 0 Å². The molecule has 0 bridgehead atoms. The Morgan fingerprint density at radius 3 is 2.83 bits per heavy atom. The van der Waals surface area contributed by atoms with E-state index in [2.05, 4.69) is 9.97 Å². The summed E-state index contributed by atoms with van der Waals surface area (Å²) in [6, 6.07) is 7.41. The monoisotopic (exact) mass is 244 g/mol. The van der Waals surface area contributed by atoms with Crippen LogP contribution in [0.15, 0.2) is 39.5 Å². The number of hydrogen-bond acceptors (Lipinski definition) is 3. The standard InChI is InChI=1S/C13H9FN2O2/c1-7-2-5-11(18-7)12-15-10-4-3-8(14)6-9(10)13(17)16-12/h2-6H,1H3,(H,15,16,17). The van der Waals surface area contributed by atoms with Crippen LogP contribution < -0.4 is 5.56 Å². The second kappa shape index (κ2) is 3.80. The molecule has 0 unspecified atom stereocenters. The molecule has 0 saturated carbocycles. The van der Waals surface area contributed by atoms with Gasteiger partial charge in [-0.1, -0.05) is 0 Å². The predicted molar refractivity (Wildman–Crippen MR) is 64.8 cm³/mol. The second-order valence-corrected chi connectivity index (χ2v) is 3.99. The molecule has 0 aliphatic carbocycles. The molecule has 18 heavy (non-hydrogen) atoms. The third-order valence-electron chi connectivity index (χ3n) is 2.64. The van der Waals surface area contributed by atoms with Crippen LogP contribution in [0.3, 0.4) is 0 Å². The minimum atomic E-state index is -0.462. The number of aromatic nitrogens is 2. The van der Waals surface area contributed by atoms with E-state index in [-0.39, 0.29) is 10.9 Å². The number of rotatable bonds is 1. The highest BCUT2D eigenvalue weighted by molar-refractivity contribution is 5.78. The Bertz CT molecular complexity index is 789. The van der Waals surface area contributed by atoms with Crippen LogP contribution in [-0.4, -0.2) is 9.97 Å². The van der Waals surface area contributed by atoms with Gasteiger partial charge in [-0.2, -0.15) is 0 Å². The van der Waals surface area contributed by atoms with E-state index >= 15 is 0 Å². The largest absolute Gasteiger partial charge is 0.458 e. The molecule has 4 nitrogen and oxygen atoms in total. The lowest BCUT2D eigenvalue weighted by atomic mass is 10.2. The van der Waals surface area contributed by atoms with Gasteiger partial charge in [0.2, 0.25) is 0 Å². The quantitative estimate of drug-likeness (QED) is 0.715. The van der Waals surface area contributed by atoms with Crippen LogP contribution in [0.5, 0.6) is 0 Å². The van der Waals surface area contributed by atoms with Gasteiger partial charge in [0.1, 0.15) is 11.6 Å². The van der Waals surface area contributed by atoms with E-state index in [0.717, 1.165) is 5.76 Å². The van der Waals surface area contributed by atoms with E-state index in [1.165, 1.54) is 18.2 Å². The summed E-state index contributed by atoms with van der Waals surface area (Å²) in [6.07, 6.45) is 0. The van der Waals surface area contributed by atoms with Gasteiger partial charge in [0.25, 0.3) is 5.56 Å². The average molecular weight is 244 g/mol. The van der Waals surface area contributed by atoms with Crippen LogP contribution in [0.2, 0.25) is 0 Å². The summed E-state index contributed by atoms with van der Waals surface area (Å²) in [7, 11) is 0. The van der Waals surface area contributed by atoms with Crippen molar-refractivity contribution in [3.63, 3.8) is 0 Å². The van der Waals surface area contributed by atoms with Crippen molar-refractivity contribution in [2.75, 3.05) is 0 Å². The molecule has 1 N–H and O–H groups in total. The van der Waals surface area contributed by atoms with Gasteiger partial charge < -0.3 is 9.40 Å². The molecular formula is C13H9FN2O2. The van der Waals surface area contributed by atoms with Gasteiger partial charge in [0.05, 0.1) is 10.9 Å². The fourth-order valence-electron chi connectivity index (χ4n) is 1.79. The van der Waals surface area contributed by atoms with Crippen molar-refractivity contribution in [3.05, 3.63) is 52.3 Å². The molecule has 1 aromatic carbocycles. The van der Waals surface area contributed by atoms with E-state index in [1.54, 1.807) is 19.1 Å². The molecule has 5 heteroatoms. The molecule has 0 spiro atoms. The molecule has 2 heterocycles. The molecule has 0 aliphatic rings. The summed E-state index contributed by atoms with van der Waals surface area (Å²) >= 11 is 0. The molecule has 2 aromatic heterocycles. The summed E-state index contributed by atoms with van der Waals surface area (Å²) in [4.78, 5) is 18.7. The smallest absolute Gasteiger partial charge is 0.259 e. The SMILES string of the molecule is Cc1ccc(-c2nc3ccc(F)cc3c(=O)[nH]2)o1. The van der Waals surface area contributed by atoms with Gasteiger partial charge in [-0.05, 0) is 37.3 Å². The number of benzene rings is 1. The van der Waals surface area contributed by atoms with Gasteiger partial charge in [0, 0.05) is 0 Å².